The summed E-state index contributed by atoms with van der Waals surface area (Å²) in [6.45, 7) is 0.768. The lowest BCUT2D eigenvalue weighted by molar-refractivity contribution is -0.121. The van der Waals surface area contributed by atoms with E-state index in [1.807, 2.05) is 0 Å². The second-order valence-electron chi connectivity index (χ2n) is 5.94. The molecule has 134 valence electrons. The maximum Gasteiger partial charge on any atom is 0.243 e. The SMILES string of the molecule is O=C1CCN(S(=O)(=O)c2cccc(F)c2)CCCC(CO)CCN1. The van der Waals surface area contributed by atoms with Crippen LogP contribution in [-0.2, 0) is 14.8 Å². The fourth-order valence-electron chi connectivity index (χ4n) is 2.74. The lowest BCUT2D eigenvalue weighted by Gasteiger charge is -2.22. The summed E-state index contributed by atoms with van der Waals surface area (Å²) < 4.78 is 40.0. The molecule has 1 saturated heterocycles. The van der Waals surface area contributed by atoms with Crippen LogP contribution < -0.4 is 5.32 Å². The maximum atomic E-state index is 13.4. The highest BCUT2D eigenvalue weighted by atomic mass is 32.2. The minimum Gasteiger partial charge on any atom is -0.396 e. The lowest BCUT2D eigenvalue weighted by atomic mass is 10.0. The molecule has 0 bridgehead atoms. The predicted molar refractivity (Wildman–Crippen MR) is 87.2 cm³/mol. The van der Waals surface area contributed by atoms with E-state index in [4.69, 9.17) is 0 Å². The predicted octanol–water partition coefficient (Wildman–Crippen LogP) is 1.12. The second-order valence-corrected chi connectivity index (χ2v) is 7.88. The van der Waals surface area contributed by atoms with E-state index in [1.54, 1.807) is 0 Å². The number of halogens is 1. The van der Waals surface area contributed by atoms with E-state index in [9.17, 15) is 22.7 Å². The number of carbonyl (C=O) groups is 1. The van der Waals surface area contributed by atoms with Crippen molar-refractivity contribution in [2.75, 3.05) is 26.2 Å². The van der Waals surface area contributed by atoms with Crippen molar-refractivity contribution in [2.24, 2.45) is 5.92 Å². The highest BCUT2D eigenvalue weighted by Gasteiger charge is 2.26. The Bertz CT molecular complexity index is 666. The third-order valence-electron chi connectivity index (χ3n) is 4.17. The normalized spacial score (nSPS) is 21.8. The van der Waals surface area contributed by atoms with Gasteiger partial charge in [0.1, 0.15) is 5.82 Å². The van der Waals surface area contributed by atoms with E-state index in [-0.39, 0.29) is 42.8 Å². The van der Waals surface area contributed by atoms with Crippen molar-refractivity contribution in [3.63, 3.8) is 0 Å². The highest BCUT2D eigenvalue weighted by Crippen LogP contribution is 2.19. The van der Waals surface area contributed by atoms with E-state index in [0.717, 1.165) is 6.07 Å². The van der Waals surface area contributed by atoms with Crippen molar-refractivity contribution in [1.29, 1.82) is 0 Å². The summed E-state index contributed by atoms with van der Waals surface area (Å²) >= 11 is 0. The van der Waals surface area contributed by atoms with Gasteiger partial charge in [0, 0.05) is 32.7 Å². The van der Waals surface area contributed by atoms with Gasteiger partial charge in [-0.1, -0.05) is 6.07 Å². The van der Waals surface area contributed by atoms with Gasteiger partial charge in [-0.2, -0.15) is 4.31 Å². The van der Waals surface area contributed by atoms with Crippen LogP contribution in [0.5, 0.6) is 0 Å². The molecule has 1 aromatic rings. The highest BCUT2D eigenvalue weighted by molar-refractivity contribution is 7.89. The monoisotopic (exact) mass is 358 g/mol. The number of hydrogen-bond donors (Lipinski definition) is 2. The molecule has 0 aliphatic carbocycles. The summed E-state index contributed by atoms with van der Waals surface area (Å²) in [5.74, 6) is -0.817. The topological polar surface area (TPSA) is 86.7 Å². The van der Waals surface area contributed by atoms with Crippen molar-refractivity contribution in [1.82, 2.24) is 9.62 Å². The van der Waals surface area contributed by atoms with E-state index in [2.05, 4.69) is 5.32 Å². The van der Waals surface area contributed by atoms with Crippen LogP contribution in [0.2, 0.25) is 0 Å². The van der Waals surface area contributed by atoms with Gasteiger partial charge < -0.3 is 10.4 Å². The zero-order valence-electron chi connectivity index (χ0n) is 13.4. The number of rotatable bonds is 3. The molecule has 1 fully saturated rings. The zero-order valence-corrected chi connectivity index (χ0v) is 14.3. The number of aliphatic hydroxyl groups is 1. The third-order valence-corrected chi connectivity index (χ3v) is 6.07. The summed E-state index contributed by atoms with van der Waals surface area (Å²) in [6.07, 6.45) is 1.97. The van der Waals surface area contributed by atoms with Crippen LogP contribution >= 0.6 is 0 Å². The Morgan fingerprint density at radius 2 is 2.08 bits per heavy atom. The molecular formula is C16H23FN2O4S. The molecule has 1 aliphatic heterocycles. The second kappa shape index (κ2) is 8.55. The number of nitrogens with zero attached hydrogens (tertiary/aromatic N) is 1. The Morgan fingerprint density at radius 3 is 2.79 bits per heavy atom. The largest absolute Gasteiger partial charge is 0.396 e. The van der Waals surface area contributed by atoms with E-state index in [1.165, 1.54) is 22.5 Å². The van der Waals surface area contributed by atoms with Crippen molar-refractivity contribution in [3.8, 4) is 0 Å². The number of benzene rings is 1. The van der Waals surface area contributed by atoms with Crippen molar-refractivity contribution < 1.29 is 22.7 Å². The molecule has 0 aromatic heterocycles. The molecule has 1 heterocycles. The molecule has 8 heteroatoms. The van der Waals surface area contributed by atoms with E-state index >= 15 is 0 Å². The molecule has 1 unspecified atom stereocenters. The van der Waals surface area contributed by atoms with Gasteiger partial charge in [0.25, 0.3) is 0 Å². The molecule has 1 aromatic carbocycles. The van der Waals surface area contributed by atoms with Gasteiger partial charge in [-0.15, -0.1) is 0 Å². The number of nitrogens with one attached hydrogen (secondary N) is 1. The molecule has 1 atom stereocenters. The first-order valence-electron chi connectivity index (χ1n) is 8.07. The summed E-state index contributed by atoms with van der Waals surface area (Å²) in [5.41, 5.74) is 0. The van der Waals surface area contributed by atoms with Crippen LogP contribution in [-0.4, -0.2) is 50.0 Å². The Kier molecular flexibility index (Phi) is 6.70. The van der Waals surface area contributed by atoms with Crippen LogP contribution in [0, 0.1) is 11.7 Å². The minimum atomic E-state index is -3.86. The van der Waals surface area contributed by atoms with Gasteiger partial charge in [0.15, 0.2) is 0 Å². The van der Waals surface area contributed by atoms with Crippen LogP contribution in [0.3, 0.4) is 0 Å². The van der Waals surface area contributed by atoms with Gasteiger partial charge >= 0.3 is 0 Å². The van der Waals surface area contributed by atoms with Crippen LogP contribution in [0.15, 0.2) is 29.2 Å². The zero-order chi connectivity index (χ0) is 17.6. The van der Waals surface area contributed by atoms with Crippen molar-refractivity contribution in [2.45, 2.75) is 30.6 Å². The molecule has 0 radical (unpaired) electrons. The summed E-state index contributed by atoms with van der Waals surface area (Å²) in [5, 5.41) is 12.1. The van der Waals surface area contributed by atoms with Crippen molar-refractivity contribution in [3.05, 3.63) is 30.1 Å². The molecule has 2 N–H and O–H groups in total. The molecular weight excluding hydrogens is 335 g/mol. The number of sulfonamides is 1. The van der Waals surface area contributed by atoms with E-state index in [0.29, 0.717) is 25.8 Å². The van der Waals surface area contributed by atoms with Crippen LogP contribution in [0.25, 0.3) is 0 Å². The summed E-state index contributed by atoms with van der Waals surface area (Å²) in [7, 11) is -3.86. The van der Waals surface area contributed by atoms with Crippen molar-refractivity contribution >= 4 is 15.9 Å². The van der Waals surface area contributed by atoms with Gasteiger partial charge in [0.05, 0.1) is 4.90 Å². The quantitative estimate of drug-likeness (QED) is 0.848. The fraction of sp³-hybridized carbons (Fsp3) is 0.562. The first kappa shape index (κ1) is 18.8. The molecule has 24 heavy (non-hydrogen) atoms. The average molecular weight is 358 g/mol. The first-order valence-corrected chi connectivity index (χ1v) is 9.51. The fourth-order valence-corrected chi connectivity index (χ4v) is 4.25. The number of hydrogen-bond acceptors (Lipinski definition) is 4. The lowest BCUT2D eigenvalue weighted by Crippen LogP contribution is -2.35. The Labute approximate surface area is 141 Å². The minimum absolute atomic E-state index is 0.00647. The Morgan fingerprint density at radius 1 is 1.29 bits per heavy atom. The molecule has 0 spiro atoms. The molecule has 1 amide bonds. The van der Waals surface area contributed by atoms with E-state index < -0.39 is 15.8 Å². The van der Waals surface area contributed by atoms with Gasteiger partial charge in [0.2, 0.25) is 15.9 Å². The van der Waals surface area contributed by atoms with Crippen LogP contribution in [0.1, 0.15) is 25.7 Å². The molecule has 6 nitrogen and oxygen atoms in total. The Balaban J connectivity index is 2.19. The average Bonchev–Trinajstić information content (AvgIpc) is 2.59. The first-order chi connectivity index (χ1) is 11.4. The summed E-state index contributed by atoms with van der Waals surface area (Å²) in [6, 6.07) is 4.87. The molecule has 2 rings (SSSR count). The van der Waals surface area contributed by atoms with Crippen LogP contribution in [0.4, 0.5) is 4.39 Å². The summed E-state index contributed by atoms with van der Waals surface area (Å²) in [4.78, 5) is 11.7. The molecule has 1 aliphatic rings. The maximum absolute atomic E-state index is 13.4. The molecule has 0 saturated carbocycles. The number of aliphatic hydroxyl groups excluding tert-OH is 1. The third kappa shape index (κ3) is 4.99. The van der Waals surface area contributed by atoms with Gasteiger partial charge in [-0.3, -0.25) is 4.79 Å². The number of carbonyl (C=O) groups excluding carboxylic acids is 1. The van der Waals surface area contributed by atoms with Gasteiger partial charge in [-0.05, 0) is 43.4 Å². The smallest absolute Gasteiger partial charge is 0.243 e. The van der Waals surface area contributed by atoms with Gasteiger partial charge in [-0.25, -0.2) is 12.8 Å². The Hall–Kier alpha value is -1.51. The standard InChI is InChI=1S/C16H23FN2O4S/c17-14-4-1-5-15(11-14)24(22,23)19-9-2-3-13(12-20)6-8-18-16(21)7-10-19/h1,4-5,11,13,20H,2-3,6-10,12H2,(H,18,21). The number of amides is 1.